The van der Waals surface area contributed by atoms with Gasteiger partial charge < -0.3 is 16.4 Å². The molecule has 1 aliphatic rings. The van der Waals surface area contributed by atoms with Crippen LogP contribution in [0.2, 0.25) is 0 Å². The van der Waals surface area contributed by atoms with Gasteiger partial charge in [0.2, 0.25) is 11.8 Å². The van der Waals surface area contributed by atoms with Crippen LogP contribution in [-0.2, 0) is 9.59 Å². The van der Waals surface area contributed by atoms with Gasteiger partial charge in [0.1, 0.15) is 6.04 Å². The van der Waals surface area contributed by atoms with Gasteiger partial charge in [0.15, 0.2) is 0 Å². The Labute approximate surface area is 106 Å². The molecule has 0 aliphatic carbocycles. The van der Waals surface area contributed by atoms with Crippen LogP contribution in [0.15, 0.2) is 30.3 Å². The molecular weight excluding hydrogens is 230 g/mol. The predicted octanol–water partition coefficient (Wildman–Crippen LogP) is 0.0812. The lowest BCUT2D eigenvalue weighted by Gasteiger charge is -2.15. The van der Waals surface area contributed by atoms with Crippen molar-refractivity contribution < 1.29 is 9.59 Å². The van der Waals surface area contributed by atoms with Gasteiger partial charge in [-0.1, -0.05) is 30.3 Å². The van der Waals surface area contributed by atoms with Gasteiger partial charge in [-0.2, -0.15) is 0 Å². The number of nitrogens with one attached hydrogen (secondary N) is 2. The highest BCUT2D eigenvalue weighted by atomic mass is 16.2. The van der Waals surface area contributed by atoms with Crippen LogP contribution in [0.1, 0.15) is 24.4 Å². The maximum atomic E-state index is 11.8. The van der Waals surface area contributed by atoms with Crippen molar-refractivity contribution in [3.8, 4) is 0 Å². The Bertz CT molecular complexity index is 433. The fourth-order valence-electron chi connectivity index (χ4n) is 1.98. The lowest BCUT2D eigenvalue weighted by molar-refractivity contribution is -0.123. The van der Waals surface area contributed by atoms with Crippen LogP contribution >= 0.6 is 0 Å². The summed E-state index contributed by atoms with van der Waals surface area (Å²) in [5.41, 5.74) is 6.63. The standard InChI is InChI=1S/C13H17N3O2/c14-12(9-4-2-1-3-5-9)13(18)15-8-10-6-7-11(17)16-10/h1-5,10,12H,6-8,14H2,(H,15,18)(H,16,17). The Balaban J connectivity index is 1.83. The SMILES string of the molecule is NC(C(=O)NCC1CCC(=O)N1)c1ccccc1. The van der Waals surface area contributed by atoms with Gasteiger partial charge in [-0.15, -0.1) is 0 Å². The van der Waals surface area contributed by atoms with Gasteiger partial charge >= 0.3 is 0 Å². The largest absolute Gasteiger partial charge is 0.352 e. The van der Waals surface area contributed by atoms with Crippen LogP contribution in [0.25, 0.3) is 0 Å². The van der Waals surface area contributed by atoms with Crippen molar-refractivity contribution in [1.82, 2.24) is 10.6 Å². The van der Waals surface area contributed by atoms with E-state index >= 15 is 0 Å². The molecule has 0 saturated carbocycles. The second-order valence-electron chi connectivity index (χ2n) is 4.44. The highest BCUT2D eigenvalue weighted by Gasteiger charge is 2.22. The second-order valence-corrected chi connectivity index (χ2v) is 4.44. The Morgan fingerprint density at radius 2 is 2.17 bits per heavy atom. The average Bonchev–Trinajstić information content (AvgIpc) is 2.82. The first-order chi connectivity index (χ1) is 8.66. The summed E-state index contributed by atoms with van der Waals surface area (Å²) >= 11 is 0. The van der Waals surface area contributed by atoms with Gasteiger partial charge in [0, 0.05) is 19.0 Å². The zero-order valence-electron chi connectivity index (χ0n) is 10.1. The highest BCUT2D eigenvalue weighted by molar-refractivity contribution is 5.83. The maximum Gasteiger partial charge on any atom is 0.241 e. The molecule has 5 nitrogen and oxygen atoms in total. The molecule has 1 fully saturated rings. The third kappa shape index (κ3) is 3.07. The Morgan fingerprint density at radius 1 is 1.44 bits per heavy atom. The Hall–Kier alpha value is -1.88. The number of benzene rings is 1. The lowest BCUT2D eigenvalue weighted by atomic mass is 10.1. The van der Waals surface area contributed by atoms with Crippen molar-refractivity contribution in [2.75, 3.05) is 6.54 Å². The summed E-state index contributed by atoms with van der Waals surface area (Å²) in [6.07, 6.45) is 1.30. The zero-order valence-corrected chi connectivity index (χ0v) is 10.1. The average molecular weight is 247 g/mol. The molecule has 0 bridgehead atoms. The van der Waals surface area contributed by atoms with E-state index in [1.807, 2.05) is 30.3 Å². The molecule has 0 spiro atoms. The number of hydrogen-bond donors (Lipinski definition) is 3. The van der Waals surface area contributed by atoms with Crippen LogP contribution in [0.3, 0.4) is 0 Å². The van der Waals surface area contributed by atoms with E-state index in [0.29, 0.717) is 13.0 Å². The number of hydrogen-bond acceptors (Lipinski definition) is 3. The summed E-state index contributed by atoms with van der Waals surface area (Å²) in [6.45, 7) is 0.436. The van der Waals surface area contributed by atoms with Gasteiger partial charge in [-0.25, -0.2) is 0 Å². The topological polar surface area (TPSA) is 84.2 Å². The molecule has 18 heavy (non-hydrogen) atoms. The molecule has 1 aromatic rings. The summed E-state index contributed by atoms with van der Waals surface area (Å²) in [7, 11) is 0. The summed E-state index contributed by atoms with van der Waals surface area (Å²) in [5.74, 6) is -0.177. The summed E-state index contributed by atoms with van der Waals surface area (Å²) < 4.78 is 0. The molecule has 5 heteroatoms. The zero-order chi connectivity index (χ0) is 13.0. The number of amides is 2. The molecule has 2 atom stereocenters. The van der Waals surface area contributed by atoms with E-state index in [-0.39, 0.29) is 17.9 Å². The highest BCUT2D eigenvalue weighted by Crippen LogP contribution is 2.10. The van der Waals surface area contributed by atoms with Gasteiger partial charge in [-0.05, 0) is 12.0 Å². The van der Waals surface area contributed by atoms with E-state index in [2.05, 4.69) is 10.6 Å². The van der Waals surface area contributed by atoms with E-state index < -0.39 is 6.04 Å². The first-order valence-corrected chi connectivity index (χ1v) is 6.04. The third-order valence-corrected chi connectivity index (χ3v) is 3.05. The van der Waals surface area contributed by atoms with Gasteiger partial charge in [0.05, 0.1) is 0 Å². The molecule has 1 aromatic carbocycles. The van der Waals surface area contributed by atoms with Crippen molar-refractivity contribution >= 4 is 11.8 Å². The smallest absolute Gasteiger partial charge is 0.241 e. The minimum absolute atomic E-state index is 0.0319. The van der Waals surface area contributed by atoms with E-state index in [9.17, 15) is 9.59 Å². The maximum absolute atomic E-state index is 11.8. The van der Waals surface area contributed by atoms with Crippen LogP contribution in [0.5, 0.6) is 0 Å². The monoisotopic (exact) mass is 247 g/mol. The van der Waals surface area contributed by atoms with Crippen molar-refractivity contribution in [2.45, 2.75) is 24.9 Å². The first-order valence-electron chi connectivity index (χ1n) is 6.04. The van der Waals surface area contributed by atoms with Crippen molar-refractivity contribution in [1.29, 1.82) is 0 Å². The third-order valence-electron chi connectivity index (χ3n) is 3.05. The summed E-state index contributed by atoms with van der Waals surface area (Å²) in [6, 6.07) is 8.58. The predicted molar refractivity (Wildman–Crippen MR) is 67.5 cm³/mol. The van der Waals surface area contributed by atoms with Crippen molar-refractivity contribution in [3.63, 3.8) is 0 Å². The van der Waals surface area contributed by atoms with Crippen molar-refractivity contribution in [2.24, 2.45) is 5.73 Å². The fourth-order valence-corrected chi connectivity index (χ4v) is 1.98. The Morgan fingerprint density at radius 3 is 2.78 bits per heavy atom. The number of nitrogens with two attached hydrogens (primary N) is 1. The van der Waals surface area contributed by atoms with Crippen molar-refractivity contribution in [3.05, 3.63) is 35.9 Å². The quantitative estimate of drug-likeness (QED) is 0.704. The molecule has 2 unspecified atom stereocenters. The van der Waals surface area contributed by atoms with Gasteiger partial charge in [0.25, 0.3) is 0 Å². The van der Waals surface area contributed by atoms with E-state index in [0.717, 1.165) is 12.0 Å². The minimum Gasteiger partial charge on any atom is -0.352 e. The number of rotatable bonds is 4. The van der Waals surface area contributed by atoms with Crippen LogP contribution < -0.4 is 16.4 Å². The molecule has 1 saturated heterocycles. The van der Waals surface area contributed by atoms with Gasteiger partial charge in [-0.3, -0.25) is 9.59 Å². The van der Waals surface area contributed by atoms with E-state index in [4.69, 9.17) is 5.73 Å². The van der Waals surface area contributed by atoms with Crippen LogP contribution in [0.4, 0.5) is 0 Å². The molecule has 4 N–H and O–H groups in total. The summed E-state index contributed by atoms with van der Waals surface area (Å²) in [4.78, 5) is 22.8. The minimum atomic E-state index is -0.664. The molecule has 96 valence electrons. The number of carbonyl (C=O) groups is 2. The molecule has 2 amide bonds. The molecule has 0 aromatic heterocycles. The Kier molecular flexibility index (Phi) is 3.94. The lowest BCUT2D eigenvalue weighted by Crippen LogP contribution is -2.42. The van der Waals surface area contributed by atoms with E-state index in [1.54, 1.807) is 0 Å². The molecule has 2 rings (SSSR count). The second kappa shape index (κ2) is 5.64. The van der Waals surface area contributed by atoms with Crippen LogP contribution in [0, 0.1) is 0 Å². The normalized spacial score (nSPS) is 20.3. The first kappa shape index (κ1) is 12.6. The fraction of sp³-hybridized carbons (Fsp3) is 0.385. The molecule has 1 heterocycles. The molecular formula is C13H17N3O2. The van der Waals surface area contributed by atoms with Crippen LogP contribution in [-0.4, -0.2) is 24.4 Å². The molecule has 1 aliphatic heterocycles. The molecule has 0 radical (unpaired) electrons. The number of carbonyl (C=O) groups excluding carboxylic acids is 2. The summed E-state index contributed by atoms with van der Waals surface area (Å²) in [5, 5.41) is 5.56. The van der Waals surface area contributed by atoms with E-state index in [1.165, 1.54) is 0 Å².